The van der Waals surface area contributed by atoms with Gasteiger partial charge in [-0.15, -0.1) is 0 Å². The highest BCUT2D eigenvalue weighted by atomic mass is 16.3. The molecule has 3 nitrogen and oxygen atoms in total. The highest BCUT2D eigenvalue weighted by molar-refractivity contribution is 5.77. The van der Waals surface area contributed by atoms with Gasteiger partial charge in [-0.05, 0) is 24.8 Å². The van der Waals surface area contributed by atoms with Crippen LogP contribution in [0.25, 0.3) is 0 Å². The maximum absolute atomic E-state index is 11.9. The number of nitrogens with one attached hydrogen (secondary N) is 1. The molecule has 2 N–H and O–H groups in total. The highest BCUT2D eigenvalue weighted by Crippen LogP contribution is 2.14. The van der Waals surface area contributed by atoms with Crippen molar-refractivity contribution < 1.29 is 9.90 Å². The summed E-state index contributed by atoms with van der Waals surface area (Å²) in [6.07, 6.45) is 2.70. The molecule has 0 radical (unpaired) electrons. The number of carbonyl (C=O) groups excluding carboxylic acids is 1. The van der Waals surface area contributed by atoms with Crippen molar-refractivity contribution in [1.29, 1.82) is 0 Å². The second kappa shape index (κ2) is 7.17. The van der Waals surface area contributed by atoms with Crippen LogP contribution in [-0.2, 0) is 11.2 Å². The number of hydrogen-bond acceptors (Lipinski definition) is 2. The van der Waals surface area contributed by atoms with Gasteiger partial charge in [0.1, 0.15) is 0 Å². The summed E-state index contributed by atoms with van der Waals surface area (Å²) in [6, 6.07) is 9.96. The molecule has 0 spiro atoms. The van der Waals surface area contributed by atoms with E-state index >= 15 is 0 Å². The Hall–Kier alpha value is -1.35. The van der Waals surface area contributed by atoms with Crippen molar-refractivity contribution in [3.63, 3.8) is 0 Å². The Labute approximate surface area is 109 Å². The van der Waals surface area contributed by atoms with Gasteiger partial charge in [-0.1, -0.05) is 44.2 Å². The van der Waals surface area contributed by atoms with Gasteiger partial charge in [-0.3, -0.25) is 4.79 Å². The zero-order chi connectivity index (χ0) is 13.4. The summed E-state index contributed by atoms with van der Waals surface area (Å²) in [5.41, 5.74) is 0.712. The van der Waals surface area contributed by atoms with Gasteiger partial charge in [-0.25, -0.2) is 0 Å². The first-order chi connectivity index (χ1) is 8.65. The Kier molecular flexibility index (Phi) is 5.86. The van der Waals surface area contributed by atoms with E-state index in [1.807, 2.05) is 44.2 Å². The topological polar surface area (TPSA) is 49.3 Å². The van der Waals surface area contributed by atoms with Gasteiger partial charge in [0.05, 0.1) is 12.1 Å². The van der Waals surface area contributed by atoms with Crippen LogP contribution in [0.1, 0.15) is 38.7 Å². The van der Waals surface area contributed by atoms with Crippen LogP contribution in [0.3, 0.4) is 0 Å². The molecule has 0 bridgehead atoms. The number of aryl methyl sites for hydroxylation is 1. The first-order valence-corrected chi connectivity index (χ1v) is 6.61. The molecule has 0 fully saturated rings. The van der Waals surface area contributed by atoms with Gasteiger partial charge in [0, 0.05) is 6.42 Å². The van der Waals surface area contributed by atoms with Crippen molar-refractivity contribution in [2.75, 3.05) is 6.61 Å². The maximum atomic E-state index is 11.9. The van der Waals surface area contributed by atoms with Crippen LogP contribution in [-0.4, -0.2) is 23.2 Å². The van der Waals surface area contributed by atoms with Crippen LogP contribution < -0.4 is 5.32 Å². The molecular formula is C15H23NO2. The fourth-order valence-electron chi connectivity index (χ4n) is 1.95. The van der Waals surface area contributed by atoms with E-state index in [-0.39, 0.29) is 12.5 Å². The highest BCUT2D eigenvalue weighted by Gasteiger charge is 2.26. The van der Waals surface area contributed by atoms with E-state index in [9.17, 15) is 9.90 Å². The van der Waals surface area contributed by atoms with Crippen LogP contribution in [0, 0.1) is 0 Å². The van der Waals surface area contributed by atoms with E-state index in [0.29, 0.717) is 6.42 Å². The lowest BCUT2D eigenvalue weighted by atomic mass is 9.93. The van der Waals surface area contributed by atoms with Crippen LogP contribution in [0.4, 0.5) is 0 Å². The molecule has 1 amide bonds. The third-order valence-electron chi connectivity index (χ3n) is 3.54. The Morgan fingerprint density at radius 1 is 1.22 bits per heavy atom. The zero-order valence-electron chi connectivity index (χ0n) is 11.3. The maximum Gasteiger partial charge on any atom is 0.220 e. The predicted octanol–water partition coefficient (Wildman–Crippen LogP) is 2.29. The molecule has 0 aliphatic carbocycles. The van der Waals surface area contributed by atoms with Crippen molar-refractivity contribution in [3.8, 4) is 0 Å². The molecule has 0 heterocycles. The van der Waals surface area contributed by atoms with Gasteiger partial charge in [0.15, 0.2) is 0 Å². The second-order valence-electron chi connectivity index (χ2n) is 4.68. The molecule has 1 rings (SSSR count). The van der Waals surface area contributed by atoms with Crippen molar-refractivity contribution in [1.82, 2.24) is 5.32 Å². The van der Waals surface area contributed by atoms with Crippen molar-refractivity contribution >= 4 is 5.91 Å². The van der Waals surface area contributed by atoms with Crippen molar-refractivity contribution in [3.05, 3.63) is 35.9 Å². The molecule has 0 unspecified atom stereocenters. The van der Waals surface area contributed by atoms with E-state index in [0.717, 1.165) is 24.8 Å². The van der Waals surface area contributed by atoms with Gasteiger partial charge in [0.2, 0.25) is 5.91 Å². The van der Waals surface area contributed by atoms with E-state index in [1.165, 1.54) is 0 Å². The summed E-state index contributed by atoms with van der Waals surface area (Å²) in [5.74, 6) is 0.0107. The number of aliphatic hydroxyl groups is 1. The molecule has 1 aromatic rings. The molecule has 100 valence electrons. The number of aliphatic hydroxyl groups excluding tert-OH is 1. The Balaban J connectivity index is 2.46. The third kappa shape index (κ3) is 4.15. The minimum absolute atomic E-state index is 0.00290. The molecule has 0 saturated carbocycles. The molecule has 0 aromatic heterocycles. The third-order valence-corrected chi connectivity index (χ3v) is 3.54. The van der Waals surface area contributed by atoms with Crippen molar-refractivity contribution in [2.24, 2.45) is 0 Å². The van der Waals surface area contributed by atoms with Gasteiger partial charge in [0.25, 0.3) is 0 Å². The normalized spacial score (nSPS) is 11.3. The summed E-state index contributed by atoms with van der Waals surface area (Å²) < 4.78 is 0. The predicted molar refractivity (Wildman–Crippen MR) is 73.3 cm³/mol. The molecule has 0 aliphatic rings. The minimum Gasteiger partial charge on any atom is -0.394 e. The Morgan fingerprint density at radius 2 is 1.83 bits per heavy atom. The van der Waals surface area contributed by atoms with E-state index in [1.54, 1.807) is 0 Å². The molecule has 18 heavy (non-hydrogen) atoms. The van der Waals surface area contributed by atoms with Crippen LogP contribution in [0.5, 0.6) is 0 Å². The van der Waals surface area contributed by atoms with E-state index in [4.69, 9.17) is 0 Å². The number of benzene rings is 1. The second-order valence-corrected chi connectivity index (χ2v) is 4.68. The lowest BCUT2D eigenvalue weighted by molar-refractivity contribution is -0.123. The molecule has 1 aromatic carbocycles. The number of amides is 1. The van der Waals surface area contributed by atoms with Crippen molar-refractivity contribution in [2.45, 2.75) is 45.1 Å². The number of rotatable bonds is 7. The standard InChI is InChI=1S/C15H23NO2/c1-3-15(4-2,12-17)16-14(18)11-10-13-8-6-5-7-9-13/h5-9,17H,3-4,10-12H2,1-2H3,(H,16,18). The Morgan fingerprint density at radius 3 is 2.33 bits per heavy atom. The van der Waals surface area contributed by atoms with Gasteiger partial charge < -0.3 is 10.4 Å². The average molecular weight is 249 g/mol. The van der Waals surface area contributed by atoms with E-state index in [2.05, 4.69) is 5.32 Å². The SMILES string of the molecule is CCC(CC)(CO)NC(=O)CCc1ccccc1. The van der Waals surface area contributed by atoms with Crippen LogP contribution in [0.15, 0.2) is 30.3 Å². The van der Waals surface area contributed by atoms with Gasteiger partial charge >= 0.3 is 0 Å². The average Bonchev–Trinajstić information content (AvgIpc) is 2.44. The molecule has 3 heteroatoms. The first-order valence-electron chi connectivity index (χ1n) is 6.61. The molecular weight excluding hydrogens is 226 g/mol. The van der Waals surface area contributed by atoms with Crippen LogP contribution >= 0.6 is 0 Å². The first kappa shape index (κ1) is 14.7. The molecule has 0 atom stereocenters. The smallest absolute Gasteiger partial charge is 0.220 e. The summed E-state index contributed by atoms with van der Waals surface area (Å²) in [5, 5.41) is 12.4. The number of carbonyl (C=O) groups is 1. The fourth-order valence-corrected chi connectivity index (χ4v) is 1.95. The zero-order valence-corrected chi connectivity index (χ0v) is 11.3. The summed E-state index contributed by atoms with van der Waals surface area (Å²) in [6.45, 7) is 3.96. The summed E-state index contributed by atoms with van der Waals surface area (Å²) >= 11 is 0. The minimum atomic E-state index is -0.451. The van der Waals surface area contributed by atoms with Crippen LogP contribution in [0.2, 0.25) is 0 Å². The monoisotopic (exact) mass is 249 g/mol. The summed E-state index contributed by atoms with van der Waals surface area (Å²) in [4.78, 5) is 11.9. The quantitative estimate of drug-likeness (QED) is 0.779. The lowest BCUT2D eigenvalue weighted by Gasteiger charge is -2.30. The largest absolute Gasteiger partial charge is 0.394 e. The fraction of sp³-hybridized carbons (Fsp3) is 0.533. The van der Waals surface area contributed by atoms with Gasteiger partial charge in [-0.2, -0.15) is 0 Å². The Bertz CT molecular complexity index is 350. The number of hydrogen-bond donors (Lipinski definition) is 2. The summed E-state index contributed by atoms with van der Waals surface area (Å²) in [7, 11) is 0. The molecule has 0 saturated heterocycles. The lowest BCUT2D eigenvalue weighted by Crippen LogP contribution is -2.50. The van der Waals surface area contributed by atoms with E-state index < -0.39 is 5.54 Å². The molecule has 0 aliphatic heterocycles.